The molecule has 0 saturated heterocycles. The minimum Gasteiger partial charge on any atom is -0.497 e. The first kappa shape index (κ1) is 25.6. The van der Waals surface area contributed by atoms with Crippen LogP contribution in [0.4, 0.5) is 5.69 Å². The number of nitrogens with zero attached hydrogens (tertiary/aromatic N) is 1. The summed E-state index contributed by atoms with van der Waals surface area (Å²) < 4.78 is 32.9. The number of unbranched alkanes of at least 4 members (excludes halogenated alkanes) is 2. The molecular weight excluding hydrogens is 434 g/mol. The molecule has 2 unspecified atom stereocenters. The summed E-state index contributed by atoms with van der Waals surface area (Å²) in [6.45, 7) is 4.23. The molecule has 1 heterocycles. The third-order valence-electron chi connectivity index (χ3n) is 7.13. The van der Waals surface area contributed by atoms with Gasteiger partial charge in [0.15, 0.2) is 9.84 Å². The van der Waals surface area contributed by atoms with E-state index in [2.05, 4.69) is 13.8 Å². The topological polar surface area (TPSA) is 66.8 Å². The smallest absolute Gasteiger partial charge is 0.179 e. The predicted octanol–water partition coefficient (Wildman–Crippen LogP) is 5.41. The number of fused-ring (bicyclic) bond motifs is 1. The molecule has 33 heavy (non-hydrogen) atoms. The van der Waals surface area contributed by atoms with Crippen molar-refractivity contribution in [1.29, 1.82) is 0 Å². The van der Waals surface area contributed by atoms with Crippen LogP contribution in [-0.4, -0.2) is 46.6 Å². The Morgan fingerprint density at radius 2 is 1.64 bits per heavy atom. The van der Waals surface area contributed by atoms with E-state index < -0.39 is 27.3 Å². The lowest BCUT2D eigenvalue weighted by Gasteiger charge is -2.40. The lowest BCUT2D eigenvalue weighted by molar-refractivity contribution is 0.0127. The van der Waals surface area contributed by atoms with Crippen LogP contribution in [0.1, 0.15) is 69.4 Å². The Balaban J connectivity index is 2.29. The normalized spacial score (nSPS) is 21.2. The SMILES string of the molecule is CCCCC1(CCCC)CS(=O)(=O)c2ccc(N(C)C)cc2C(c2ccc(OC)cc2)C1O. The summed E-state index contributed by atoms with van der Waals surface area (Å²) in [6.07, 6.45) is 4.31. The Labute approximate surface area is 199 Å². The lowest BCUT2D eigenvalue weighted by atomic mass is 9.68. The van der Waals surface area contributed by atoms with Crippen LogP contribution in [0.2, 0.25) is 0 Å². The van der Waals surface area contributed by atoms with Crippen molar-refractivity contribution in [3.63, 3.8) is 0 Å². The van der Waals surface area contributed by atoms with E-state index in [1.165, 1.54) is 0 Å². The van der Waals surface area contributed by atoms with E-state index in [0.717, 1.165) is 42.7 Å². The molecule has 0 saturated carbocycles. The van der Waals surface area contributed by atoms with Crippen LogP contribution in [0, 0.1) is 5.41 Å². The summed E-state index contributed by atoms with van der Waals surface area (Å²) in [7, 11) is 1.93. The number of ether oxygens (including phenoxy) is 1. The van der Waals surface area contributed by atoms with Crippen LogP contribution in [-0.2, 0) is 9.84 Å². The molecule has 0 fully saturated rings. The average molecular weight is 474 g/mol. The Morgan fingerprint density at radius 1 is 1.03 bits per heavy atom. The molecule has 2 aromatic carbocycles. The molecular formula is C27H39NO4S. The molecule has 0 spiro atoms. The fraction of sp³-hybridized carbons (Fsp3) is 0.556. The Kier molecular flexibility index (Phi) is 8.12. The molecule has 2 atom stereocenters. The Hall–Kier alpha value is -2.05. The number of aliphatic hydroxyl groups is 1. The van der Waals surface area contributed by atoms with E-state index in [4.69, 9.17) is 4.74 Å². The lowest BCUT2D eigenvalue weighted by Crippen LogP contribution is -2.43. The highest BCUT2D eigenvalue weighted by Crippen LogP contribution is 2.50. The van der Waals surface area contributed by atoms with Gasteiger partial charge in [-0.3, -0.25) is 0 Å². The van der Waals surface area contributed by atoms with Crippen LogP contribution in [0.25, 0.3) is 0 Å². The van der Waals surface area contributed by atoms with Crippen molar-refractivity contribution >= 4 is 15.5 Å². The largest absolute Gasteiger partial charge is 0.497 e. The van der Waals surface area contributed by atoms with Gasteiger partial charge in [0.2, 0.25) is 0 Å². The number of hydrogen-bond acceptors (Lipinski definition) is 5. The highest BCUT2D eigenvalue weighted by Gasteiger charge is 2.49. The maximum absolute atomic E-state index is 13.8. The van der Waals surface area contributed by atoms with Crippen molar-refractivity contribution in [2.45, 2.75) is 69.3 Å². The highest BCUT2D eigenvalue weighted by molar-refractivity contribution is 7.91. The van der Waals surface area contributed by atoms with E-state index in [1.807, 2.05) is 55.4 Å². The summed E-state index contributed by atoms with van der Waals surface area (Å²) in [6, 6.07) is 13.2. The van der Waals surface area contributed by atoms with Crippen LogP contribution in [0.5, 0.6) is 5.75 Å². The van der Waals surface area contributed by atoms with Gasteiger partial charge >= 0.3 is 0 Å². The second kappa shape index (κ2) is 10.5. The molecule has 1 aliphatic rings. The summed E-state index contributed by atoms with van der Waals surface area (Å²) in [5.41, 5.74) is 1.83. The minimum atomic E-state index is -3.58. The van der Waals surface area contributed by atoms with E-state index in [1.54, 1.807) is 13.2 Å². The summed E-state index contributed by atoms with van der Waals surface area (Å²) in [4.78, 5) is 2.32. The molecule has 3 rings (SSSR count). The average Bonchev–Trinajstić information content (AvgIpc) is 2.87. The quantitative estimate of drug-likeness (QED) is 0.528. The molecule has 0 aliphatic carbocycles. The first-order valence-electron chi connectivity index (χ1n) is 12.0. The van der Waals surface area contributed by atoms with Gasteiger partial charge in [0, 0.05) is 31.1 Å². The van der Waals surface area contributed by atoms with E-state index in [0.29, 0.717) is 23.3 Å². The minimum absolute atomic E-state index is 0.0118. The van der Waals surface area contributed by atoms with Crippen molar-refractivity contribution in [3.05, 3.63) is 53.6 Å². The molecule has 1 N–H and O–H groups in total. The summed E-state index contributed by atoms with van der Waals surface area (Å²) in [5.74, 6) is 0.291. The summed E-state index contributed by atoms with van der Waals surface area (Å²) >= 11 is 0. The summed E-state index contributed by atoms with van der Waals surface area (Å²) in [5, 5.41) is 12.1. The van der Waals surface area contributed by atoms with Gasteiger partial charge in [0.1, 0.15) is 5.75 Å². The van der Waals surface area contributed by atoms with Crippen molar-refractivity contribution < 1.29 is 18.3 Å². The van der Waals surface area contributed by atoms with Gasteiger partial charge in [0.05, 0.1) is 23.9 Å². The molecule has 5 nitrogen and oxygen atoms in total. The third-order valence-corrected chi connectivity index (χ3v) is 9.13. The molecule has 0 amide bonds. The number of rotatable bonds is 9. The van der Waals surface area contributed by atoms with Gasteiger partial charge in [0.25, 0.3) is 0 Å². The van der Waals surface area contributed by atoms with Gasteiger partial charge < -0.3 is 14.7 Å². The Bertz CT molecular complexity index is 1020. The van der Waals surface area contributed by atoms with Gasteiger partial charge in [-0.1, -0.05) is 51.7 Å². The van der Waals surface area contributed by atoms with Crippen LogP contribution in [0.15, 0.2) is 47.4 Å². The molecule has 0 radical (unpaired) electrons. The fourth-order valence-corrected chi connectivity index (χ4v) is 7.39. The third kappa shape index (κ3) is 5.22. The zero-order valence-electron chi connectivity index (χ0n) is 20.7. The van der Waals surface area contributed by atoms with E-state index in [-0.39, 0.29) is 5.75 Å². The number of methoxy groups -OCH3 is 1. The second-order valence-electron chi connectivity index (χ2n) is 9.64. The maximum atomic E-state index is 13.8. The first-order valence-corrected chi connectivity index (χ1v) is 13.7. The van der Waals surface area contributed by atoms with Crippen molar-refractivity contribution in [1.82, 2.24) is 0 Å². The predicted molar refractivity (Wildman–Crippen MR) is 135 cm³/mol. The van der Waals surface area contributed by atoms with Gasteiger partial charge in [-0.15, -0.1) is 0 Å². The number of hydrogen-bond donors (Lipinski definition) is 1. The molecule has 182 valence electrons. The number of benzene rings is 2. The van der Waals surface area contributed by atoms with Crippen molar-refractivity contribution in [2.75, 3.05) is 31.9 Å². The molecule has 0 bridgehead atoms. The molecule has 0 aromatic heterocycles. The van der Waals surface area contributed by atoms with Gasteiger partial charge in [-0.2, -0.15) is 0 Å². The zero-order valence-corrected chi connectivity index (χ0v) is 21.5. The van der Waals surface area contributed by atoms with Crippen molar-refractivity contribution in [2.24, 2.45) is 5.41 Å². The second-order valence-corrected chi connectivity index (χ2v) is 11.6. The van der Waals surface area contributed by atoms with Crippen molar-refractivity contribution in [3.8, 4) is 5.75 Å². The fourth-order valence-electron chi connectivity index (χ4n) is 5.20. The zero-order chi connectivity index (χ0) is 24.2. The standard InChI is InChI=1S/C27H39NO4S/c1-6-8-16-27(17-9-7-2)19-33(30,31)24-15-12-21(28(3)4)18-23(24)25(26(27)29)20-10-13-22(32-5)14-11-20/h10-15,18,25-26,29H,6-9,16-17,19H2,1-5H3. The highest BCUT2D eigenvalue weighted by atomic mass is 32.2. The maximum Gasteiger partial charge on any atom is 0.179 e. The van der Waals surface area contributed by atoms with Crippen LogP contribution < -0.4 is 9.64 Å². The van der Waals surface area contributed by atoms with Crippen LogP contribution >= 0.6 is 0 Å². The molecule has 2 aromatic rings. The van der Waals surface area contributed by atoms with E-state index >= 15 is 0 Å². The van der Waals surface area contributed by atoms with E-state index in [9.17, 15) is 13.5 Å². The number of anilines is 1. The van der Waals surface area contributed by atoms with Crippen LogP contribution in [0.3, 0.4) is 0 Å². The van der Waals surface area contributed by atoms with Gasteiger partial charge in [-0.25, -0.2) is 8.42 Å². The molecule has 1 aliphatic heterocycles. The first-order chi connectivity index (χ1) is 15.7. The molecule has 6 heteroatoms. The number of aliphatic hydroxyl groups excluding tert-OH is 1. The monoisotopic (exact) mass is 473 g/mol. The van der Waals surface area contributed by atoms with Gasteiger partial charge in [-0.05, 0) is 54.3 Å². The number of sulfone groups is 1. The Morgan fingerprint density at radius 3 is 2.15 bits per heavy atom.